The van der Waals surface area contributed by atoms with E-state index in [0.29, 0.717) is 11.3 Å². The van der Waals surface area contributed by atoms with Crippen molar-refractivity contribution in [2.45, 2.75) is 18.7 Å². The van der Waals surface area contributed by atoms with Crippen molar-refractivity contribution in [1.29, 1.82) is 0 Å². The van der Waals surface area contributed by atoms with Gasteiger partial charge in [0.2, 0.25) is 10.7 Å². The van der Waals surface area contributed by atoms with E-state index in [-0.39, 0.29) is 5.91 Å². The van der Waals surface area contributed by atoms with Crippen molar-refractivity contribution in [3.8, 4) is 0 Å². The highest BCUT2D eigenvalue weighted by Crippen LogP contribution is 2.41. The van der Waals surface area contributed by atoms with Gasteiger partial charge in [-0.05, 0) is 30.0 Å². The number of hydrogen-bond acceptors (Lipinski definition) is 5. The number of anilines is 1. The molecule has 1 N–H and O–H groups in total. The number of nitrogens with zero attached hydrogens (tertiary/aromatic N) is 2. The summed E-state index contributed by atoms with van der Waals surface area (Å²) < 4.78 is 2.31. The summed E-state index contributed by atoms with van der Waals surface area (Å²) in [5, 5.41) is 4.04. The van der Waals surface area contributed by atoms with Crippen LogP contribution in [0, 0.1) is 4.77 Å². The molecule has 0 radical (unpaired) electrons. The third kappa shape index (κ3) is 1.41. The lowest BCUT2D eigenvalue weighted by Gasteiger charge is -2.11. The van der Waals surface area contributed by atoms with Gasteiger partial charge in [-0.15, -0.1) is 11.3 Å². The van der Waals surface area contributed by atoms with E-state index in [1.165, 1.54) is 16.2 Å². The Hall–Kier alpha value is -0.920. The van der Waals surface area contributed by atoms with Gasteiger partial charge in [-0.2, -0.15) is 11.8 Å². The molecule has 18 heavy (non-hydrogen) atoms. The van der Waals surface area contributed by atoms with Crippen molar-refractivity contribution in [2.75, 3.05) is 11.1 Å². The Kier molecular flexibility index (Phi) is 2.30. The monoisotopic (exact) mass is 295 g/mol. The zero-order valence-electron chi connectivity index (χ0n) is 9.36. The summed E-state index contributed by atoms with van der Waals surface area (Å²) >= 11 is 8.92. The van der Waals surface area contributed by atoms with Crippen LogP contribution in [0.5, 0.6) is 0 Å². The van der Waals surface area contributed by atoms with E-state index in [9.17, 15) is 4.79 Å². The Morgan fingerprint density at radius 2 is 2.33 bits per heavy atom. The highest BCUT2D eigenvalue weighted by molar-refractivity contribution is 7.98. The van der Waals surface area contributed by atoms with Gasteiger partial charge in [-0.25, -0.2) is 4.98 Å². The number of thioether (sulfide) groups is 1. The van der Waals surface area contributed by atoms with Crippen molar-refractivity contribution >= 4 is 57.3 Å². The standard InChI is InChI=1S/C11H9N3OS3/c15-7-3-14-9(12-7)8-5-4-17-2-1-6(5)18-10(8)13-11(14)16/h1-4H2,(H,12,15). The molecule has 1 amide bonds. The van der Waals surface area contributed by atoms with E-state index in [1.807, 2.05) is 16.3 Å². The summed E-state index contributed by atoms with van der Waals surface area (Å²) in [6, 6.07) is 0. The molecule has 0 saturated carbocycles. The molecule has 7 heteroatoms. The molecule has 0 aromatic carbocycles. The van der Waals surface area contributed by atoms with Crippen molar-refractivity contribution in [3.63, 3.8) is 0 Å². The second-order valence-electron chi connectivity index (χ2n) is 4.36. The summed E-state index contributed by atoms with van der Waals surface area (Å²) in [5.74, 6) is 3.03. The first-order chi connectivity index (χ1) is 8.74. The second kappa shape index (κ2) is 3.79. The summed E-state index contributed by atoms with van der Waals surface area (Å²) in [5.41, 5.74) is 1.35. The van der Waals surface area contributed by atoms with Crippen LogP contribution in [0.15, 0.2) is 0 Å². The first kappa shape index (κ1) is 11.0. The molecule has 0 atom stereocenters. The number of amides is 1. The second-order valence-corrected chi connectivity index (χ2v) is 6.92. The zero-order valence-corrected chi connectivity index (χ0v) is 11.8. The molecule has 4 nitrogen and oxygen atoms in total. The number of fused-ring (bicyclic) bond motifs is 5. The van der Waals surface area contributed by atoms with Crippen LogP contribution in [-0.4, -0.2) is 21.2 Å². The third-order valence-corrected chi connectivity index (χ3v) is 5.77. The molecule has 4 heterocycles. The number of carbonyl (C=O) groups is 1. The zero-order chi connectivity index (χ0) is 12.3. The van der Waals surface area contributed by atoms with Crippen LogP contribution in [0.3, 0.4) is 0 Å². The molecule has 2 aliphatic heterocycles. The fourth-order valence-corrected chi connectivity index (χ4v) is 5.21. The van der Waals surface area contributed by atoms with Crippen molar-refractivity contribution in [3.05, 3.63) is 15.2 Å². The van der Waals surface area contributed by atoms with Crippen LogP contribution in [0.1, 0.15) is 10.4 Å². The molecule has 0 bridgehead atoms. The van der Waals surface area contributed by atoms with E-state index < -0.39 is 0 Å². The number of rotatable bonds is 0. The Labute approximate surface area is 116 Å². The number of nitrogens with one attached hydrogen (secondary N) is 1. The SMILES string of the molecule is O=C1Cn2c(c3c4c(sc3nc2=S)CCSC4)N1. The van der Waals surface area contributed by atoms with Crippen molar-refractivity contribution < 1.29 is 4.79 Å². The molecular formula is C11H9N3OS3. The lowest BCUT2D eigenvalue weighted by molar-refractivity contribution is -0.115. The summed E-state index contributed by atoms with van der Waals surface area (Å²) in [4.78, 5) is 18.4. The number of thiophene rings is 1. The minimum Gasteiger partial charge on any atom is -0.310 e. The van der Waals surface area contributed by atoms with Gasteiger partial charge in [0.25, 0.3) is 0 Å². The van der Waals surface area contributed by atoms with Gasteiger partial charge >= 0.3 is 0 Å². The molecule has 2 aromatic rings. The van der Waals surface area contributed by atoms with Crippen LogP contribution >= 0.6 is 35.3 Å². The van der Waals surface area contributed by atoms with Gasteiger partial charge in [0.05, 0.1) is 5.39 Å². The molecule has 0 saturated heterocycles. The summed E-state index contributed by atoms with van der Waals surface area (Å²) in [6.07, 6.45) is 1.10. The first-order valence-corrected chi connectivity index (χ1v) is 8.04. The molecule has 0 spiro atoms. The van der Waals surface area contributed by atoms with E-state index in [0.717, 1.165) is 28.2 Å². The highest BCUT2D eigenvalue weighted by Gasteiger charge is 2.26. The van der Waals surface area contributed by atoms with Gasteiger partial charge in [0.15, 0.2) is 0 Å². The van der Waals surface area contributed by atoms with Gasteiger partial charge in [-0.1, -0.05) is 0 Å². The quantitative estimate of drug-likeness (QED) is 0.759. The molecule has 2 aromatic heterocycles. The third-order valence-electron chi connectivity index (χ3n) is 3.29. The first-order valence-electron chi connectivity index (χ1n) is 5.67. The minimum absolute atomic E-state index is 0.00110. The van der Waals surface area contributed by atoms with Gasteiger partial charge in [-0.3, -0.25) is 9.36 Å². The number of carbonyl (C=O) groups excluding carboxylic acids is 1. The molecule has 4 rings (SSSR count). The largest absolute Gasteiger partial charge is 0.310 e. The normalized spacial score (nSPS) is 17.7. The van der Waals surface area contributed by atoms with Crippen LogP contribution in [0.25, 0.3) is 10.2 Å². The topological polar surface area (TPSA) is 46.9 Å². The average Bonchev–Trinajstić information content (AvgIpc) is 2.88. The maximum atomic E-state index is 11.6. The maximum absolute atomic E-state index is 11.6. The van der Waals surface area contributed by atoms with Crippen molar-refractivity contribution in [2.24, 2.45) is 0 Å². The van der Waals surface area contributed by atoms with Gasteiger partial charge in [0.1, 0.15) is 17.2 Å². The molecule has 2 aliphatic rings. The lowest BCUT2D eigenvalue weighted by atomic mass is 10.1. The van der Waals surface area contributed by atoms with Crippen LogP contribution in [0.2, 0.25) is 0 Å². The average molecular weight is 295 g/mol. The van der Waals surface area contributed by atoms with E-state index in [4.69, 9.17) is 12.2 Å². The Balaban J connectivity index is 2.13. The number of aryl methyl sites for hydroxylation is 1. The van der Waals surface area contributed by atoms with Crippen LogP contribution in [-0.2, 0) is 23.5 Å². The van der Waals surface area contributed by atoms with E-state index in [1.54, 1.807) is 11.3 Å². The molecule has 92 valence electrons. The highest BCUT2D eigenvalue weighted by atomic mass is 32.2. The fraction of sp³-hybridized carbons (Fsp3) is 0.364. The smallest absolute Gasteiger partial charge is 0.245 e. The molecule has 0 fully saturated rings. The Morgan fingerprint density at radius 3 is 3.22 bits per heavy atom. The Morgan fingerprint density at radius 1 is 1.44 bits per heavy atom. The molecule has 0 aliphatic carbocycles. The van der Waals surface area contributed by atoms with Gasteiger partial charge < -0.3 is 5.32 Å². The van der Waals surface area contributed by atoms with Crippen LogP contribution < -0.4 is 5.32 Å². The fourth-order valence-electron chi connectivity index (χ4n) is 2.48. The minimum atomic E-state index is -0.00110. The maximum Gasteiger partial charge on any atom is 0.245 e. The van der Waals surface area contributed by atoms with Gasteiger partial charge in [0, 0.05) is 10.6 Å². The van der Waals surface area contributed by atoms with E-state index in [2.05, 4.69) is 10.3 Å². The predicted octanol–water partition coefficient (Wildman–Crippen LogP) is 2.57. The Bertz CT molecular complexity index is 746. The summed E-state index contributed by atoms with van der Waals surface area (Å²) in [7, 11) is 0. The summed E-state index contributed by atoms with van der Waals surface area (Å²) in [6.45, 7) is 0.300. The molecule has 0 unspecified atom stereocenters. The number of aromatic nitrogens is 2. The predicted molar refractivity (Wildman–Crippen MR) is 76.9 cm³/mol. The lowest BCUT2D eigenvalue weighted by Crippen LogP contribution is -2.05. The number of hydrogen-bond donors (Lipinski definition) is 1. The van der Waals surface area contributed by atoms with Crippen molar-refractivity contribution in [1.82, 2.24) is 9.55 Å². The van der Waals surface area contributed by atoms with Crippen LogP contribution in [0.4, 0.5) is 5.82 Å². The van der Waals surface area contributed by atoms with E-state index >= 15 is 0 Å². The molecular weight excluding hydrogens is 286 g/mol.